The van der Waals surface area contributed by atoms with Crippen LogP contribution in [0.3, 0.4) is 0 Å². The van der Waals surface area contributed by atoms with Crippen LogP contribution in [0.15, 0.2) is 45.6 Å². The fraction of sp³-hybridized carbons (Fsp3) is 0.211. The summed E-state index contributed by atoms with van der Waals surface area (Å²) >= 11 is 0. The number of rotatable bonds is 2. The third-order valence-electron chi connectivity index (χ3n) is 4.45. The van der Waals surface area contributed by atoms with E-state index in [-0.39, 0.29) is 5.75 Å². The van der Waals surface area contributed by atoms with E-state index < -0.39 is 5.63 Å². The lowest BCUT2D eigenvalue weighted by molar-refractivity contribution is 0.416. The lowest BCUT2D eigenvalue weighted by Crippen LogP contribution is -1.97. The monoisotopic (exact) mass is 308 g/mol. The summed E-state index contributed by atoms with van der Waals surface area (Å²) in [5, 5.41) is 10.4. The van der Waals surface area contributed by atoms with Gasteiger partial charge in [0.25, 0.3) is 0 Å². The van der Waals surface area contributed by atoms with E-state index in [0.717, 1.165) is 30.0 Å². The molecule has 1 aliphatic rings. The molecule has 4 rings (SSSR count). The number of aromatic hydroxyl groups is 1. The Morgan fingerprint density at radius 2 is 1.91 bits per heavy atom. The Morgan fingerprint density at radius 3 is 2.74 bits per heavy atom. The van der Waals surface area contributed by atoms with Gasteiger partial charge < -0.3 is 14.3 Å². The van der Waals surface area contributed by atoms with Gasteiger partial charge in [0, 0.05) is 5.56 Å². The Labute approximate surface area is 132 Å². The van der Waals surface area contributed by atoms with Gasteiger partial charge >= 0.3 is 5.63 Å². The summed E-state index contributed by atoms with van der Waals surface area (Å²) in [4.78, 5) is 11.5. The van der Waals surface area contributed by atoms with Gasteiger partial charge in [-0.1, -0.05) is 18.2 Å². The zero-order chi connectivity index (χ0) is 16.0. The maximum Gasteiger partial charge on any atom is 0.339 e. The summed E-state index contributed by atoms with van der Waals surface area (Å²) in [7, 11) is 1.59. The molecule has 2 aromatic carbocycles. The fourth-order valence-electron chi connectivity index (χ4n) is 3.31. The number of fused-ring (bicyclic) bond motifs is 2. The molecule has 0 amide bonds. The predicted molar refractivity (Wildman–Crippen MR) is 88.2 cm³/mol. The molecule has 0 saturated heterocycles. The second-order valence-electron chi connectivity index (χ2n) is 5.84. The molecule has 0 unspecified atom stereocenters. The van der Waals surface area contributed by atoms with Crippen LogP contribution in [-0.4, -0.2) is 12.2 Å². The summed E-state index contributed by atoms with van der Waals surface area (Å²) in [6.07, 6.45) is 3.42. The highest BCUT2D eigenvalue weighted by atomic mass is 16.5. The molecule has 0 radical (unpaired) electrons. The van der Waals surface area contributed by atoms with E-state index in [1.165, 1.54) is 17.5 Å². The molecule has 0 aliphatic heterocycles. The van der Waals surface area contributed by atoms with Crippen LogP contribution in [0.25, 0.3) is 22.1 Å². The standard InChI is InChI=1S/C19H16O4/c1-22-17-9-15-16(20)10-19(21)23-18(15)8-14(17)13-6-5-11-3-2-4-12(11)7-13/h5-10,20H,2-4H2,1H3. The second-order valence-corrected chi connectivity index (χ2v) is 5.84. The van der Waals surface area contributed by atoms with Crippen molar-refractivity contribution < 1.29 is 14.3 Å². The van der Waals surface area contributed by atoms with Gasteiger partial charge in [-0.3, -0.25) is 0 Å². The van der Waals surface area contributed by atoms with E-state index >= 15 is 0 Å². The van der Waals surface area contributed by atoms with Crippen LogP contribution in [0.5, 0.6) is 11.5 Å². The summed E-state index contributed by atoms with van der Waals surface area (Å²) in [6, 6.07) is 10.9. The minimum absolute atomic E-state index is 0.102. The first-order valence-corrected chi connectivity index (χ1v) is 7.63. The maximum absolute atomic E-state index is 11.5. The topological polar surface area (TPSA) is 59.7 Å². The van der Waals surface area contributed by atoms with E-state index in [0.29, 0.717) is 16.7 Å². The molecule has 0 spiro atoms. The number of methoxy groups -OCH3 is 1. The van der Waals surface area contributed by atoms with Crippen molar-refractivity contribution in [2.24, 2.45) is 0 Å². The lowest BCUT2D eigenvalue weighted by atomic mass is 9.98. The summed E-state index contributed by atoms with van der Waals surface area (Å²) in [5.41, 5.74) is 4.42. The Balaban J connectivity index is 1.97. The highest BCUT2D eigenvalue weighted by molar-refractivity contribution is 5.90. The third kappa shape index (κ3) is 2.27. The average Bonchev–Trinajstić information content (AvgIpc) is 3.01. The molecule has 4 nitrogen and oxygen atoms in total. The summed E-state index contributed by atoms with van der Waals surface area (Å²) in [5.74, 6) is 0.537. The smallest absolute Gasteiger partial charge is 0.339 e. The van der Waals surface area contributed by atoms with E-state index in [2.05, 4.69) is 18.2 Å². The number of benzene rings is 2. The highest BCUT2D eigenvalue weighted by Crippen LogP contribution is 2.38. The number of hydrogen-bond donors (Lipinski definition) is 1. The average molecular weight is 308 g/mol. The largest absolute Gasteiger partial charge is 0.507 e. The number of ether oxygens (including phenoxy) is 1. The van der Waals surface area contributed by atoms with Gasteiger partial charge in [0.2, 0.25) is 0 Å². The number of aryl methyl sites for hydroxylation is 2. The van der Waals surface area contributed by atoms with Gasteiger partial charge in [0.05, 0.1) is 18.6 Å². The van der Waals surface area contributed by atoms with Crippen LogP contribution in [0.1, 0.15) is 17.5 Å². The molecule has 0 bridgehead atoms. The SMILES string of the molecule is COc1cc2c(O)cc(=O)oc2cc1-c1ccc2c(c1)CCC2. The van der Waals surface area contributed by atoms with Gasteiger partial charge in [0.15, 0.2) is 0 Å². The zero-order valence-corrected chi connectivity index (χ0v) is 12.8. The minimum Gasteiger partial charge on any atom is -0.507 e. The van der Waals surface area contributed by atoms with E-state index in [1.54, 1.807) is 19.2 Å². The molecule has 1 heterocycles. The number of hydrogen-bond acceptors (Lipinski definition) is 4. The van der Waals surface area contributed by atoms with Crippen molar-refractivity contribution in [2.45, 2.75) is 19.3 Å². The Morgan fingerprint density at radius 1 is 1.09 bits per heavy atom. The van der Waals surface area contributed by atoms with Gasteiger partial charge in [-0.15, -0.1) is 0 Å². The molecule has 3 aromatic rings. The van der Waals surface area contributed by atoms with Crippen molar-refractivity contribution in [1.82, 2.24) is 0 Å². The van der Waals surface area contributed by atoms with Crippen molar-refractivity contribution in [3.63, 3.8) is 0 Å². The predicted octanol–water partition coefficient (Wildman–Crippen LogP) is 3.66. The lowest BCUT2D eigenvalue weighted by Gasteiger charge is -2.12. The molecule has 4 heteroatoms. The normalized spacial score (nSPS) is 13.3. The van der Waals surface area contributed by atoms with Crippen molar-refractivity contribution in [3.05, 3.63) is 57.9 Å². The Kier molecular flexibility index (Phi) is 3.11. The quantitative estimate of drug-likeness (QED) is 0.734. The Hall–Kier alpha value is -2.75. The summed E-state index contributed by atoms with van der Waals surface area (Å²) < 4.78 is 10.7. The first-order valence-electron chi connectivity index (χ1n) is 7.63. The summed E-state index contributed by atoms with van der Waals surface area (Å²) in [6.45, 7) is 0. The minimum atomic E-state index is -0.569. The van der Waals surface area contributed by atoms with Crippen LogP contribution < -0.4 is 10.4 Å². The second kappa shape index (κ2) is 5.16. The van der Waals surface area contributed by atoms with Crippen molar-refractivity contribution in [3.8, 4) is 22.6 Å². The molecule has 23 heavy (non-hydrogen) atoms. The molecule has 1 aromatic heterocycles. The van der Waals surface area contributed by atoms with Gasteiger partial charge in [0.1, 0.15) is 17.1 Å². The van der Waals surface area contributed by atoms with Crippen LogP contribution >= 0.6 is 0 Å². The van der Waals surface area contributed by atoms with E-state index in [1.807, 2.05) is 0 Å². The van der Waals surface area contributed by atoms with Crippen molar-refractivity contribution in [2.75, 3.05) is 7.11 Å². The van der Waals surface area contributed by atoms with Gasteiger partial charge in [-0.05, 0) is 48.1 Å². The molecule has 0 atom stereocenters. The van der Waals surface area contributed by atoms with Crippen molar-refractivity contribution >= 4 is 11.0 Å². The van der Waals surface area contributed by atoms with Crippen LogP contribution in [0, 0.1) is 0 Å². The highest BCUT2D eigenvalue weighted by Gasteiger charge is 2.16. The van der Waals surface area contributed by atoms with Gasteiger partial charge in [-0.25, -0.2) is 4.79 Å². The van der Waals surface area contributed by atoms with E-state index in [9.17, 15) is 9.90 Å². The zero-order valence-electron chi connectivity index (χ0n) is 12.8. The van der Waals surface area contributed by atoms with Gasteiger partial charge in [-0.2, -0.15) is 0 Å². The molecular formula is C19H16O4. The van der Waals surface area contributed by atoms with Crippen molar-refractivity contribution in [1.29, 1.82) is 0 Å². The molecule has 0 saturated carbocycles. The molecule has 116 valence electrons. The molecular weight excluding hydrogens is 292 g/mol. The van der Waals surface area contributed by atoms with Crippen LogP contribution in [0.4, 0.5) is 0 Å². The Bertz CT molecular complexity index is 969. The molecule has 0 fully saturated rings. The molecule has 1 N–H and O–H groups in total. The van der Waals surface area contributed by atoms with Crippen LogP contribution in [0.2, 0.25) is 0 Å². The third-order valence-corrected chi connectivity index (χ3v) is 4.45. The van der Waals surface area contributed by atoms with E-state index in [4.69, 9.17) is 9.15 Å². The maximum atomic E-state index is 11.5. The van der Waals surface area contributed by atoms with Crippen LogP contribution in [-0.2, 0) is 12.8 Å². The first kappa shape index (κ1) is 13.9. The molecule has 1 aliphatic carbocycles. The fourth-order valence-corrected chi connectivity index (χ4v) is 3.31. The first-order chi connectivity index (χ1) is 11.2.